The average molecular weight is 224 g/mol. The van der Waals surface area contributed by atoms with Crippen LogP contribution in [0.15, 0.2) is 12.3 Å². The van der Waals surface area contributed by atoms with E-state index < -0.39 is 5.60 Å². The van der Waals surface area contributed by atoms with Gasteiger partial charge in [-0.1, -0.05) is 6.92 Å². The van der Waals surface area contributed by atoms with Crippen molar-refractivity contribution in [1.82, 2.24) is 4.98 Å². The second kappa shape index (κ2) is 3.68. The van der Waals surface area contributed by atoms with Crippen molar-refractivity contribution in [1.29, 1.82) is 0 Å². The third-order valence-electron chi connectivity index (χ3n) is 3.05. The second-order valence-corrected chi connectivity index (χ2v) is 5.58. The van der Waals surface area contributed by atoms with Gasteiger partial charge in [0.05, 0.1) is 0 Å². The van der Waals surface area contributed by atoms with Gasteiger partial charge in [-0.15, -0.1) is 0 Å². The standard InChI is InChI=1S/C11H16N2OS/c1-7-5-9(10(12)13-6-7)11(14)3-4-15-8(11)2/h5-6,8,14H,3-4H2,1-2H3,(H2,12,13). The molecule has 1 aromatic rings. The molecule has 2 heterocycles. The molecule has 0 saturated carbocycles. The van der Waals surface area contributed by atoms with E-state index in [4.69, 9.17) is 5.73 Å². The maximum atomic E-state index is 10.6. The van der Waals surface area contributed by atoms with Gasteiger partial charge < -0.3 is 10.8 Å². The van der Waals surface area contributed by atoms with E-state index in [-0.39, 0.29) is 5.25 Å². The summed E-state index contributed by atoms with van der Waals surface area (Å²) >= 11 is 1.78. The van der Waals surface area contributed by atoms with Crippen molar-refractivity contribution in [2.24, 2.45) is 0 Å². The van der Waals surface area contributed by atoms with E-state index in [1.807, 2.05) is 19.9 Å². The van der Waals surface area contributed by atoms with Crippen molar-refractivity contribution in [3.05, 3.63) is 23.4 Å². The first-order valence-electron chi connectivity index (χ1n) is 5.10. The van der Waals surface area contributed by atoms with Crippen molar-refractivity contribution < 1.29 is 5.11 Å². The number of aromatic nitrogens is 1. The Morgan fingerprint density at radius 1 is 1.67 bits per heavy atom. The van der Waals surface area contributed by atoms with Crippen molar-refractivity contribution in [2.75, 3.05) is 11.5 Å². The predicted molar refractivity (Wildman–Crippen MR) is 63.8 cm³/mol. The summed E-state index contributed by atoms with van der Waals surface area (Å²) in [5.74, 6) is 1.43. The molecule has 2 atom stereocenters. The van der Waals surface area contributed by atoms with Crippen LogP contribution in [0.3, 0.4) is 0 Å². The smallest absolute Gasteiger partial charge is 0.129 e. The first-order chi connectivity index (χ1) is 7.04. The molecule has 0 aromatic carbocycles. The van der Waals surface area contributed by atoms with Crippen molar-refractivity contribution in [2.45, 2.75) is 31.1 Å². The molecular weight excluding hydrogens is 208 g/mol. The summed E-state index contributed by atoms with van der Waals surface area (Å²) in [5.41, 5.74) is 6.87. The van der Waals surface area contributed by atoms with Crippen LogP contribution in [0.4, 0.5) is 5.82 Å². The Hall–Kier alpha value is -0.740. The number of aryl methyl sites for hydroxylation is 1. The maximum absolute atomic E-state index is 10.6. The zero-order chi connectivity index (χ0) is 11.1. The number of nitrogens with zero attached hydrogens (tertiary/aromatic N) is 1. The molecule has 2 unspecified atom stereocenters. The summed E-state index contributed by atoms with van der Waals surface area (Å²) < 4.78 is 0. The summed E-state index contributed by atoms with van der Waals surface area (Å²) in [6.45, 7) is 4.01. The van der Waals surface area contributed by atoms with Gasteiger partial charge in [-0.2, -0.15) is 11.8 Å². The highest BCUT2D eigenvalue weighted by Gasteiger charge is 2.42. The fourth-order valence-corrected chi connectivity index (χ4v) is 3.32. The largest absolute Gasteiger partial charge is 0.384 e. The first kappa shape index (κ1) is 10.8. The topological polar surface area (TPSA) is 59.1 Å². The summed E-state index contributed by atoms with van der Waals surface area (Å²) in [6.07, 6.45) is 2.49. The molecule has 1 aliphatic rings. The normalized spacial score (nSPS) is 30.7. The molecule has 0 bridgehead atoms. The summed E-state index contributed by atoms with van der Waals surface area (Å²) in [5, 5.41) is 10.8. The number of nitrogens with two attached hydrogens (primary N) is 1. The van der Waals surface area contributed by atoms with Crippen LogP contribution >= 0.6 is 11.8 Å². The van der Waals surface area contributed by atoms with E-state index in [0.29, 0.717) is 5.82 Å². The maximum Gasteiger partial charge on any atom is 0.129 e. The van der Waals surface area contributed by atoms with E-state index >= 15 is 0 Å². The van der Waals surface area contributed by atoms with Crippen LogP contribution < -0.4 is 5.73 Å². The van der Waals surface area contributed by atoms with Crippen molar-refractivity contribution in [3.63, 3.8) is 0 Å². The van der Waals surface area contributed by atoms with Gasteiger partial charge in [0.25, 0.3) is 0 Å². The Bertz CT molecular complexity index is 383. The Morgan fingerprint density at radius 2 is 2.40 bits per heavy atom. The van der Waals surface area contributed by atoms with Gasteiger partial charge >= 0.3 is 0 Å². The van der Waals surface area contributed by atoms with Crippen molar-refractivity contribution in [3.8, 4) is 0 Å². The molecule has 3 N–H and O–H groups in total. The second-order valence-electron chi connectivity index (χ2n) is 4.13. The first-order valence-corrected chi connectivity index (χ1v) is 6.15. The Morgan fingerprint density at radius 3 is 3.00 bits per heavy atom. The minimum absolute atomic E-state index is 0.184. The summed E-state index contributed by atoms with van der Waals surface area (Å²) in [7, 11) is 0. The molecule has 1 fully saturated rings. The minimum Gasteiger partial charge on any atom is -0.384 e. The lowest BCUT2D eigenvalue weighted by atomic mass is 9.88. The molecule has 4 heteroatoms. The third kappa shape index (κ3) is 1.72. The lowest BCUT2D eigenvalue weighted by Crippen LogP contribution is -2.32. The number of aliphatic hydroxyl groups is 1. The highest BCUT2D eigenvalue weighted by Crippen LogP contribution is 2.44. The van der Waals surface area contributed by atoms with E-state index in [0.717, 1.165) is 23.3 Å². The van der Waals surface area contributed by atoms with E-state index in [9.17, 15) is 5.11 Å². The molecule has 2 rings (SSSR count). The van der Waals surface area contributed by atoms with Gasteiger partial charge in [-0.05, 0) is 30.7 Å². The molecule has 3 nitrogen and oxygen atoms in total. The van der Waals surface area contributed by atoms with E-state index in [2.05, 4.69) is 4.98 Å². The van der Waals surface area contributed by atoms with Crippen LogP contribution in [0.1, 0.15) is 24.5 Å². The summed E-state index contributed by atoms with van der Waals surface area (Å²) in [4.78, 5) is 4.11. The SMILES string of the molecule is Cc1cnc(N)c(C2(O)CCSC2C)c1. The van der Waals surface area contributed by atoms with Crippen LogP contribution in [-0.4, -0.2) is 21.1 Å². The molecule has 0 radical (unpaired) electrons. The monoisotopic (exact) mass is 224 g/mol. The molecule has 0 amide bonds. The average Bonchev–Trinajstić information content (AvgIpc) is 2.52. The van der Waals surface area contributed by atoms with Gasteiger partial charge in [-0.25, -0.2) is 4.98 Å². The molecule has 82 valence electrons. The van der Waals surface area contributed by atoms with Crippen LogP contribution in [0.5, 0.6) is 0 Å². The minimum atomic E-state index is -0.798. The van der Waals surface area contributed by atoms with Crippen LogP contribution in [0.25, 0.3) is 0 Å². The van der Waals surface area contributed by atoms with E-state index in [1.165, 1.54) is 0 Å². The number of anilines is 1. The lowest BCUT2D eigenvalue weighted by Gasteiger charge is -2.28. The van der Waals surface area contributed by atoms with Gasteiger partial charge in [-0.3, -0.25) is 0 Å². The quantitative estimate of drug-likeness (QED) is 0.762. The fourth-order valence-electron chi connectivity index (χ4n) is 2.01. The fraction of sp³-hybridized carbons (Fsp3) is 0.545. The predicted octanol–water partition coefficient (Wildman–Crippen LogP) is 1.69. The zero-order valence-corrected chi connectivity index (χ0v) is 9.84. The van der Waals surface area contributed by atoms with Crippen molar-refractivity contribution >= 4 is 17.6 Å². The Labute approximate surface area is 94.1 Å². The van der Waals surface area contributed by atoms with E-state index in [1.54, 1.807) is 18.0 Å². The highest BCUT2D eigenvalue weighted by atomic mass is 32.2. The van der Waals surface area contributed by atoms with Gasteiger partial charge in [0.2, 0.25) is 0 Å². The third-order valence-corrected chi connectivity index (χ3v) is 4.37. The Balaban J connectivity index is 2.48. The highest BCUT2D eigenvalue weighted by molar-refractivity contribution is 8.00. The number of hydrogen-bond donors (Lipinski definition) is 2. The zero-order valence-electron chi connectivity index (χ0n) is 9.03. The number of rotatable bonds is 1. The molecular formula is C11H16N2OS. The number of hydrogen-bond acceptors (Lipinski definition) is 4. The molecule has 0 spiro atoms. The van der Waals surface area contributed by atoms with Crippen LogP contribution in [0, 0.1) is 6.92 Å². The summed E-state index contributed by atoms with van der Waals surface area (Å²) in [6, 6.07) is 1.95. The number of nitrogen functional groups attached to an aromatic ring is 1. The van der Waals surface area contributed by atoms with Gasteiger partial charge in [0.15, 0.2) is 0 Å². The molecule has 1 aromatic heterocycles. The number of pyridine rings is 1. The molecule has 1 saturated heterocycles. The molecule has 15 heavy (non-hydrogen) atoms. The van der Waals surface area contributed by atoms with Gasteiger partial charge in [0.1, 0.15) is 11.4 Å². The van der Waals surface area contributed by atoms with Crippen LogP contribution in [0.2, 0.25) is 0 Å². The van der Waals surface area contributed by atoms with Crippen LogP contribution in [-0.2, 0) is 5.60 Å². The van der Waals surface area contributed by atoms with Gasteiger partial charge in [0, 0.05) is 17.0 Å². The number of thioether (sulfide) groups is 1. The molecule has 1 aliphatic heterocycles. The molecule has 0 aliphatic carbocycles. The lowest BCUT2D eigenvalue weighted by molar-refractivity contribution is 0.0431. The Kier molecular flexibility index (Phi) is 2.64.